The third-order valence-corrected chi connectivity index (χ3v) is 2.52. The molecule has 0 aliphatic heterocycles. The Morgan fingerprint density at radius 3 is 2.64 bits per heavy atom. The molecule has 0 radical (unpaired) electrons. The van der Waals surface area contributed by atoms with E-state index in [0.29, 0.717) is 0 Å². The van der Waals surface area contributed by atoms with Crippen molar-refractivity contribution < 1.29 is 4.39 Å². The fourth-order valence-corrected chi connectivity index (χ4v) is 1.80. The van der Waals surface area contributed by atoms with Gasteiger partial charge in [0.05, 0.1) is 0 Å². The summed E-state index contributed by atoms with van der Waals surface area (Å²) in [5.41, 5.74) is 1.02. The average Bonchev–Trinajstić information content (AvgIpc) is 2.13. The van der Waals surface area contributed by atoms with Crippen molar-refractivity contribution in [3.8, 4) is 0 Å². The molecule has 3 heteroatoms. The summed E-state index contributed by atoms with van der Waals surface area (Å²) in [6, 6.07) is 7.02. The second-order valence-corrected chi connectivity index (χ2v) is 3.99. The molecule has 0 saturated heterocycles. The minimum Gasteiger partial charge on any atom is -0.302 e. The maximum Gasteiger partial charge on any atom is 0.123 e. The third-order valence-electron chi connectivity index (χ3n) is 2.26. The molecule has 1 aromatic carbocycles. The maximum atomic E-state index is 13.0. The van der Waals surface area contributed by atoms with E-state index in [-0.39, 0.29) is 11.9 Å². The van der Waals surface area contributed by atoms with Gasteiger partial charge in [-0.15, -0.1) is 0 Å². The second kappa shape index (κ2) is 5.37. The predicted octanol–water partition coefficient (Wildman–Crippen LogP) is 2.75. The van der Waals surface area contributed by atoms with E-state index in [1.54, 1.807) is 12.1 Å². The number of benzene rings is 1. The highest BCUT2D eigenvalue weighted by molar-refractivity contribution is 7.80. The van der Waals surface area contributed by atoms with Crippen LogP contribution in [-0.2, 0) is 0 Å². The largest absolute Gasteiger partial charge is 0.302 e. The molecule has 1 atom stereocenters. The second-order valence-electron chi connectivity index (χ2n) is 3.55. The number of thiol groups is 1. The zero-order valence-electron chi connectivity index (χ0n) is 8.57. The van der Waals surface area contributed by atoms with Crippen LogP contribution < -0.4 is 0 Å². The van der Waals surface area contributed by atoms with Gasteiger partial charge in [-0.25, -0.2) is 4.39 Å². The van der Waals surface area contributed by atoms with Crippen LogP contribution in [0.1, 0.15) is 18.0 Å². The van der Waals surface area contributed by atoms with Gasteiger partial charge in [-0.2, -0.15) is 12.6 Å². The summed E-state index contributed by atoms with van der Waals surface area (Å²) in [4.78, 5) is 2.09. The zero-order chi connectivity index (χ0) is 10.6. The lowest BCUT2D eigenvalue weighted by Gasteiger charge is -2.24. The first-order chi connectivity index (χ1) is 6.65. The standard InChI is InChI=1S/C11H16FNS/c1-13(2)11(6-7-14)9-4-3-5-10(12)8-9/h3-5,8,11,14H,6-7H2,1-2H3. The van der Waals surface area contributed by atoms with Gasteiger partial charge in [0.15, 0.2) is 0 Å². The summed E-state index contributed by atoms with van der Waals surface area (Å²) in [7, 11) is 4.00. The van der Waals surface area contributed by atoms with Gasteiger partial charge in [0.1, 0.15) is 5.82 Å². The Kier molecular flexibility index (Phi) is 4.42. The molecule has 14 heavy (non-hydrogen) atoms. The SMILES string of the molecule is CN(C)C(CCS)c1cccc(F)c1. The van der Waals surface area contributed by atoms with Crippen molar-refractivity contribution in [2.24, 2.45) is 0 Å². The van der Waals surface area contributed by atoms with Gasteiger partial charge >= 0.3 is 0 Å². The van der Waals surface area contributed by atoms with Crippen molar-refractivity contribution in [2.45, 2.75) is 12.5 Å². The van der Waals surface area contributed by atoms with E-state index in [2.05, 4.69) is 17.5 Å². The summed E-state index contributed by atoms with van der Waals surface area (Å²) in [5.74, 6) is 0.632. The monoisotopic (exact) mass is 213 g/mol. The predicted molar refractivity (Wildman–Crippen MR) is 61.3 cm³/mol. The number of hydrogen-bond donors (Lipinski definition) is 1. The first-order valence-electron chi connectivity index (χ1n) is 4.68. The fourth-order valence-electron chi connectivity index (χ4n) is 1.56. The molecule has 0 spiro atoms. The molecule has 1 nitrogen and oxygen atoms in total. The quantitative estimate of drug-likeness (QED) is 0.753. The Hall–Kier alpha value is -0.540. The van der Waals surface area contributed by atoms with E-state index in [4.69, 9.17) is 0 Å². The molecule has 0 aliphatic carbocycles. The van der Waals surface area contributed by atoms with Gasteiger partial charge in [0.2, 0.25) is 0 Å². The van der Waals surface area contributed by atoms with Crippen LogP contribution in [0.3, 0.4) is 0 Å². The topological polar surface area (TPSA) is 3.24 Å². The van der Waals surface area contributed by atoms with Gasteiger partial charge in [0.25, 0.3) is 0 Å². The van der Waals surface area contributed by atoms with Crippen LogP contribution in [0.2, 0.25) is 0 Å². The molecule has 78 valence electrons. The summed E-state index contributed by atoms with van der Waals surface area (Å²) in [5, 5.41) is 0. The number of halogens is 1. The number of nitrogens with zero attached hydrogens (tertiary/aromatic N) is 1. The average molecular weight is 213 g/mol. The van der Waals surface area contributed by atoms with Crippen molar-refractivity contribution >= 4 is 12.6 Å². The van der Waals surface area contributed by atoms with Gasteiger partial charge < -0.3 is 4.90 Å². The molecule has 0 bridgehead atoms. The molecule has 0 fully saturated rings. The molecule has 1 unspecified atom stereocenters. The molecule has 1 aromatic rings. The molecular weight excluding hydrogens is 197 g/mol. The Balaban J connectivity index is 2.87. The van der Waals surface area contributed by atoms with Crippen molar-refractivity contribution in [1.82, 2.24) is 4.90 Å². The molecule has 1 rings (SSSR count). The lowest BCUT2D eigenvalue weighted by Crippen LogP contribution is -2.20. The highest BCUT2D eigenvalue weighted by Crippen LogP contribution is 2.22. The van der Waals surface area contributed by atoms with Crippen LogP contribution in [-0.4, -0.2) is 24.7 Å². The molecular formula is C11H16FNS. The lowest BCUT2D eigenvalue weighted by molar-refractivity contribution is 0.293. The number of hydrogen-bond acceptors (Lipinski definition) is 2. The molecule has 0 aliphatic rings. The van der Waals surface area contributed by atoms with Gasteiger partial charge in [-0.3, -0.25) is 0 Å². The van der Waals surface area contributed by atoms with Gasteiger partial charge in [0, 0.05) is 6.04 Å². The Labute approximate surface area is 90.3 Å². The van der Waals surface area contributed by atoms with Crippen LogP contribution in [0, 0.1) is 5.82 Å². The molecule has 0 heterocycles. The molecule has 0 saturated carbocycles. The third kappa shape index (κ3) is 3.00. The molecule has 0 amide bonds. The Bertz CT molecular complexity index is 288. The normalized spacial score (nSPS) is 13.2. The fraction of sp³-hybridized carbons (Fsp3) is 0.455. The van der Waals surface area contributed by atoms with Crippen LogP contribution in [0.15, 0.2) is 24.3 Å². The highest BCUT2D eigenvalue weighted by Gasteiger charge is 2.13. The first kappa shape index (κ1) is 11.5. The molecule has 0 aromatic heterocycles. The van der Waals surface area contributed by atoms with E-state index >= 15 is 0 Å². The first-order valence-corrected chi connectivity index (χ1v) is 5.31. The van der Waals surface area contributed by atoms with Crippen LogP contribution in [0.25, 0.3) is 0 Å². The lowest BCUT2D eigenvalue weighted by atomic mass is 10.0. The van der Waals surface area contributed by atoms with Crippen LogP contribution in [0.5, 0.6) is 0 Å². The van der Waals surface area contributed by atoms with Gasteiger partial charge in [-0.05, 0) is 44.0 Å². The van der Waals surface area contributed by atoms with Crippen molar-refractivity contribution in [3.05, 3.63) is 35.6 Å². The molecule has 0 N–H and O–H groups in total. The Morgan fingerprint density at radius 1 is 1.43 bits per heavy atom. The van der Waals surface area contributed by atoms with Crippen molar-refractivity contribution in [3.63, 3.8) is 0 Å². The van der Waals surface area contributed by atoms with E-state index in [0.717, 1.165) is 17.7 Å². The van der Waals surface area contributed by atoms with Crippen LogP contribution in [0.4, 0.5) is 4.39 Å². The minimum absolute atomic E-state index is 0.173. The Morgan fingerprint density at radius 2 is 2.14 bits per heavy atom. The summed E-state index contributed by atoms with van der Waals surface area (Å²) in [6.45, 7) is 0. The van der Waals surface area contributed by atoms with E-state index in [1.807, 2.05) is 20.2 Å². The van der Waals surface area contributed by atoms with Gasteiger partial charge in [-0.1, -0.05) is 12.1 Å². The van der Waals surface area contributed by atoms with E-state index in [1.165, 1.54) is 6.07 Å². The van der Waals surface area contributed by atoms with E-state index in [9.17, 15) is 4.39 Å². The maximum absolute atomic E-state index is 13.0. The smallest absolute Gasteiger partial charge is 0.123 e. The minimum atomic E-state index is -0.173. The van der Waals surface area contributed by atoms with Crippen molar-refractivity contribution in [2.75, 3.05) is 19.8 Å². The summed E-state index contributed by atoms with van der Waals surface area (Å²) >= 11 is 4.21. The summed E-state index contributed by atoms with van der Waals surface area (Å²) in [6.07, 6.45) is 0.930. The zero-order valence-corrected chi connectivity index (χ0v) is 9.47. The van der Waals surface area contributed by atoms with E-state index < -0.39 is 0 Å². The number of rotatable bonds is 4. The van der Waals surface area contributed by atoms with Crippen molar-refractivity contribution in [1.29, 1.82) is 0 Å². The van der Waals surface area contributed by atoms with Crippen LogP contribution >= 0.6 is 12.6 Å². The highest BCUT2D eigenvalue weighted by atomic mass is 32.1. The summed E-state index contributed by atoms with van der Waals surface area (Å²) < 4.78 is 13.0.